The molecule has 0 fully saturated rings. The van der Waals surface area contributed by atoms with Crippen molar-refractivity contribution in [3.8, 4) is 0 Å². The molecule has 0 spiro atoms. The van der Waals surface area contributed by atoms with Gasteiger partial charge >= 0.3 is 0 Å². The van der Waals surface area contributed by atoms with Gasteiger partial charge in [0.05, 0.1) is 28.7 Å². The molecule has 2 aromatic rings. The molecule has 0 radical (unpaired) electrons. The highest BCUT2D eigenvalue weighted by molar-refractivity contribution is 8.01. The summed E-state index contributed by atoms with van der Waals surface area (Å²) in [5.74, 6) is -0.795. The maximum Gasteiger partial charge on any atom is 0.238 e. The Bertz CT molecular complexity index is 706. The summed E-state index contributed by atoms with van der Waals surface area (Å²) in [6, 6.07) is 11.1. The van der Waals surface area contributed by atoms with E-state index in [9.17, 15) is 9.59 Å². The number of thioether (sulfide) groups is 1. The molecule has 0 unspecified atom stereocenters. The van der Waals surface area contributed by atoms with Crippen LogP contribution in [0.5, 0.6) is 0 Å². The van der Waals surface area contributed by atoms with Crippen molar-refractivity contribution in [2.75, 3.05) is 10.6 Å². The zero-order valence-corrected chi connectivity index (χ0v) is 12.8. The van der Waals surface area contributed by atoms with Crippen molar-refractivity contribution in [1.82, 2.24) is 4.98 Å². The highest BCUT2D eigenvalue weighted by Crippen LogP contribution is 2.38. The SMILES string of the molecule is C[C@@H](C(=O)Nc1cccnc1)[C@@H]1Sc2ccccc2NC1=O. The van der Waals surface area contributed by atoms with Crippen LogP contribution in [0.15, 0.2) is 53.7 Å². The molecule has 1 aliphatic rings. The largest absolute Gasteiger partial charge is 0.324 e. The van der Waals surface area contributed by atoms with Crippen LogP contribution >= 0.6 is 11.8 Å². The number of carbonyl (C=O) groups is 2. The monoisotopic (exact) mass is 313 g/mol. The minimum atomic E-state index is -0.460. The second kappa shape index (κ2) is 6.19. The van der Waals surface area contributed by atoms with E-state index in [2.05, 4.69) is 15.6 Å². The molecule has 2 N–H and O–H groups in total. The number of carbonyl (C=O) groups excluding carboxylic acids is 2. The first-order chi connectivity index (χ1) is 10.6. The van der Waals surface area contributed by atoms with Gasteiger partial charge in [-0.2, -0.15) is 0 Å². The summed E-state index contributed by atoms with van der Waals surface area (Å²) in [4.78, 5) is 29.5. The third-order valence-electron chi connectivity index (χ3n) is 3.45. The van der Waals surface area contributed by atoms with Crippen LogP contribution in [-0.2, 0) is 9.59 Å². The first kappa shape index (κ1) is 14.6. The Kier molecular flexibility index (Phi) is 4.11. The average molecular weight is 313 g/mol. The van der Waals surface area contributed by atoms with Crippen molar-refractivity contribution in [2.45, 2.75) is 17.1 Å². The van der Waals surface area contributed by atoms with E-state index < -0.39 is 11.2 Å². The molecule has 22 heavy (non-hydrogen) atoms. The summed E-state index contributed by atoms with van der Waals surface area (Å²) < 4.78 is 0. The highest BCUT2D eigenvalue weighted by atomic mass is 32.2. The van der Waals surface area contributed by atoms with E-state index in [1.807, 2.05) is 24.3 Å². The maximum atomic E-state index is 12.3. The lowest BCUT2D eigenvalue weighted by atomic mass is 10.1. The van der Waals surface area contributed by atoms with E-state index in [1.54, 1.807) is 31.5 Å². The number of amides is 2. The van der Waals surface area contributed by atoms with Crippen LogP contribution in [-0.4, -0.2) is 22.0 Å². The molecule has 1 aromatic carbocycles. The molecule has 2 heterocycles. The summed E-state index contributed by atoms with van der Waals surface area (Å²) in [7, 11) is 0. The minimum Gasteiger partial charge on any atom is -0.324 e. The van der Waals surface area contributed by atoms with Crippen LogP contribution in [0.3, 0.4) is 0 Å². The van der Waals surface area contributed by atoms with Crippen molar-refractivity contribution >= 4 is 35.0 Å². The van der Waals surface area contributed by atoms with Crippen LogP contribution in [0.2, 0.25) is 0 Å². The molecule has 0 saturated carbocycles. The standard InChI is InChI=1S/C16H15N3O2S/c1-10(15(20)18-11-5-4-8-17-9-11)14-16(21)19-12-6-2-3-7-13(12)22-14/h2-10,14H,1H3,(H,18,20)(H,19,21)/t10-,14+/m1/s1. The number of pyridine rings is 1. The highest BCUT2D eigenvalue weighted by Gasteiger charge is 2.35. The Labute approximate surface area is 132 Å². The van der Waals surface area contributed by atoms with Gasteiger partial charge in [-0.1, -0.05) is 19.1 Å². The van der Waals surface area contributed by atoms with Gasteiger partial charge in [-0.25, -0.2) is 0 Å². The Morgan fingerprint density at radius 2 is 2.14 bits per heavy atom. The van der Waals surface area contributed by atoms with Crippen LogP contribution < -0.4 is 10.6 Å². The predicted octanol–water partition coefficient (Wildman–Crippen LogP) is 2.77. The first-order valence-corrected chi connectivity index (χ1v) is 7.80. The number of benzene rings is 1. The predicted molar refractivity (Wildman–Crippen MR) is 86.7 cm³/mol. The summed E-state index contributed by atoms with van der Waals surface area (Å²) in [5, 5.41) is 5.19. The van der Waals surface area contributed by atoms with E-state index in [-0.39, 0.29) is 11.8 Å². The smallest absolute Gasteiger partial charge is 0.238 e. The van der Waals surface area contributed by atoms with Gasteiger partial charge in [-0.15, -0.1) is 11.8 Å². The molecule has 1 aromatic heterocycles. The normalized spacial score (nSPS) is 18.0. The topological polar surface area (TPSA) is 71.1 Å². The van der Waals surface area contributed by atoms with Gasteiger partial charge in [-0.05, 0) is 24.3 Å². The summed E-state index contributed by atoms with van der Waals surface area (Å²) in [6.07, 6.45) is 3.22. The quantitative estimate of drug-likeness (QED) is 0.914. The molecule has 112 valence electrons. The number of aromatic nitrogens is 1. The van der Waals surface area contributed by atoms with E-state index in [1.165, 1.54) is 11.8 Å². The van der Waals surface area contributed by atoms with Gasteiger partial charge in [0.2, 0.25) is 11.8 Å². The number of anilines is 2. The number of fused-ring (bicyclic) bond motifs is 1. The lowest BCUT2D eigenvalue weighted by Gasteiger charge is -2.27. The number of rotatable bonds is 3. The van der Waals surface area contributed by atoms with Crippen molar-refractivity contribution in [3.63, 3.8) is 0 Å². The number of para-hydroxylation sites is 1. The van der Waals surface area contributed by atoms with Crippen LogP contribution in [0.1, 0.15) is 6.92 Å². The molecule has 3 rings (SSSR count). The number of nitrogens with one attached hydrogen (secondary N) is 2. The third-order valence-corrected chi connectivity index (χ3v) is 4.94. The van der Waals surface area contributed by atoms with Crippen LogP contribution in [0.25, 0.3) is 0 Å². The summed E-state index contributed by atoms with van der Waals surface area (Å²) >= 11 is 1.42. The van der Waals surface area contributed by atoms with Gasteiger partial charge in [0, 0.05) is 11.1 Å². The lowest BCUT2D eigenvalue weighted by molar-refractivity contribution is -0.123. The third kappa shape index (κ3) is 2.96. The van der Waals surface area contributed by atoms with Crippen molar-refractivity contribution in [1.29, 1.82) is 0 Å². The molecule has 1 aliphatic heterocycles. The fourth-order valence-corrected chi connectivity index (χ4v) is 3.40. The zero-order valence-electron chi connectivity index (χ0n) is 11.9. The fourth-order valence-electron chi connectivity index (χ4n) is 2.23. The second-order valence-corrected chi connectivity index (χ2v) is 6.23. The van der Waals surface area contributed by atoms with Crippen LogP contribution in [0, 0.1) is 5.92 Å². The molecule has 0 saturated heterocycles. The molecule has 0 aliphatic carbocycles. The van der Waals surface area contributed by atoms with E-state index in [0.29, 0.717) is 5.69 Å². The van der Waals surface area contributed by atoms with Crippen molar-refractivity contribution in [3.05, 3.63) is 48.8 Å². The van der Waals surface area contributed by atoms with Crippen molar-refractivity contribution < 1.29 is 9.59 Å². The molecular weight excluding hydrogens is 298 g/mol. The molecule has 2 amide bonds. The lowest BCUT2D eigenvalue weighted by Crippen LogP contribution is -2.39. The Morgan fingerprint density at radius 1 is 1.32 bits per heavy atom. The summed E-state index contributed by atoms with van der Waals surface area (Å²) in [5.41, 5.74) is 1.43. The van der Waals surface area contributed by atoms with Gasteiger partial charge in [0.25, 0.3) is 0 Å². The maximum absolute atomic E-state index is 12.3. The van der Waals surface area contributed by atoms with Gasteiger partial charge in [0.15, 0.2) is 0 Å². The van der Waals surface area contributed by atoms with E-state index in [0.717, 1.165) is 10.6 Å². The van der Waals surface area contributed by atoms with Gasteiger partial charge in [0.1, 0.15) is 0 Å². The molecule has 5 nitrogen and oxygen atoms in total. The second-order valence-electron chi connectivity index (χ2n) is 5.04. The minimum absolute atomic E-state index is 0.141. The zero-order chi connectivity index (χ0) is 15.5. The molecule has 0 bridgehead atoms. The Hall–Kier alpha value is -2.34. The Morgan fingerprint density at radius 3 is 2.91 bits per heavy atom. The van der Waals surface area contributed by atoms with Gasteiger partial charge < -0.3 is 10.6 Å². The first-order valence-electron chi connectivity index (χ1n) is 6.92. The molecular formula is C16H15N3O2S. The van der Waals surface area contributed by atoms with Crippen LogP contribution in [0.4, 0.5) is 11.4 Å². The van der Waals surface area contributed by atoms with Crippen molar-refractivity contribution in [2.24, 2.45) is 5.92 Å². The number of nitrogens with zero attached hydrogens (tertiary/aromatic N) is 1. The Balaban J connectivity index is 1.73. The number of hydrogen-bond donors (Lipinski definition) is 2. The fraction of sp³-hybridized carbons (Fsp3) is 0.188. The van der Waals surface area contributed by atoms with E-state index in [4.69, 9.17) is 0 Å². The van der Waals surface area contributed by atoms with E-state index >= 15 is 0 Å². The van der Waals surface area contributed by atoms with Gasteiger partial charge in [-0.3, -0.25) is 14.6 Å². The molecule has 6 heteroatoms. The molecule has 2 atom stereocenters. The number of hydrogen-bond acceptors (Lipinski definition) is 4. The average Bonchev–Trinajstić information content (AvgIpc) is 2.54. The summed E-state index contributed by atoms with van der Waals surface area (Å²) in [6.45, 7) is 1.76.